The van der Waals surface area contributed by atoms with Crippen LogP contribution in [0.15, 0.2) is 54.6 Å². The summed E-state index contributed by atoms with van der Waals surface area (Å²) in [5.41, 5.74) is 8.96. The second-order valence-corrected chi connectivity index (χ2v) is 6.15. The molecular weight excluding hydrogens is 310 g/mol. The molecule has 4 heteroatoms. The zero-order chi connectivity index (χ0) is 18.1. The lowest BCUT2D eigenvalue weighted by atomic mass is 10.0. The van der Waals surface area contributed by atoms with Gasteiger partial charge < -0.3 is 11.1 Å². The van der Waals surface area contributed by atoms with Crippen LogP contribution in [0.3, 0.4) is 0 Å². The molecule has 3 N–H and O–H groups in total. The number of amides is 1. The molecule has 1 amide bonds. The van der Waals surface area contributed by atoms with Crippen LogP contribution in [-0.2, 0) is 11.2 Å². The van der Waals surface area contributed by atoms with Gasteiger partial charge in [0.1, 0.15) is 0 Å². The van der Waals surface area contributed by atoms with Crippen molar-refractivity contribution in [1.82, 2.24) is 10.2 Å². The van der Waals surface area contributed by atoms with E-state index in [1.165, 1.54) is 5.56 Å². The van der Waals surface area contributed by atoms with Gasteiger partial charge in [-0.3, -0.25) is 9.69 Å². The Balaban J connectivity index is 1.93. The zero-order valence-corrected chi connectivity index (χ0v) is 15.2. The average molecular weight is 339 g/mol. The monoisotopic (exact) mass is 339 g/mol. The Hall–Kier alpha value is -2.33. The third-order valence-electron chi connectivity index (χ3n) is 4.61. The zero-order valence-electron chi connectivity index (χ0n) is 15.2. The molecule has 0 bridgehead atoms. The molecule has 0 aromatic heterocycles. The molecular formula is C21H29N3O. The van der Waals surface area contributed by atoms with Crippen LogP contribution in [0.4, 0.5) is 5.69 Å². The third-order valence-corrected chi connectivity index (χ3v) is 4.61. The predicted octanol–water partition coefficient (Wildman–Crippen LogP) is 3.40. The molecule has 0 aliphatic carbocycles. The molecule has 0 saturated carbocycles. The topological polar surface area (TPSA) is 58.4 Å². The van der Waals surface area contributed by atoms with E-state index in [0.29, 0.717) is 19.4 Å². The minimum atomic E-state index is 0.0661. The van der Waals surface area contributed by atoms with E-state index in [4.69, 9.17) is 5.73 Å². The number of hydrogen-bond donors (Lipinski definition) is 2. The number of nitrogens with zero attached hydrogens (tertiary/aromatic N) is 1. The highest BCUT2D eigenvalue weighted by molar-refractivity contribution is 5.76. The molecule has 1 atom stereocenters. The standard InChI is InChI=1S/C21H29N3O/c1-3-24(4-2)20(18-11-6-5-7-12-18)16-23-21(25)15-14-17-10-8-9-13-19(17)22/h5-13,20H,3-4,14-16,22H2,1-2H3,(H,23,25). The van der Waals surface area contributed by atoms with E-state index in [1.807, 2.05) is 42.5 Å². The lowest BCUT2D eigenvalue weighted by Crippen LogP contribution is -2.38. The van der Waals surface area contributed by atoms with Crippen LogP contribution in [0.5, 0.6) is 0 Å². The fraction of sp³-hybridized carbons (Fsp3) is 0.381. The van der Waals surface area contributed by atoms with E-state index in [2.05, 4.69) is 36.2 Å². The third kappa shape index (κ3) is 5.61. The first-order valence-electron chi connectivity index (χ1n) is 9.04. The Morgan fingerprint density at radius 2 is 1.68 bits per heavy atom. The normalized spacial score (nSPS) is 12.1. The van der Waals surface area contributed by atoms with Crippen molar-refractivity contribution < 1.29 is 4.79 Å². The van der Waals surface area contributed by atoms with Crippen molar-refractivity contribution >= 4 is 11.6 Å². The number of benzene rings is 2. The highest BCUT2D eigenvalue weighted by Gasteiger charge is 2.18. The second-order valence-electron chi connectivity index (χ2n) is 6.15. The van der Waals surface area contributed by atoms with Crippen molar-refractivity contribution in [1.29, 1.82) is 0 Å². The number of para-hydroxylation sites is 1. The van der Waals surface area contributed by atoms with Crippen LogP contribution in [-0.4, -0.2) is 30.4 Å². The van der Waals surface area contributed by atoms with Gasteiger partial charge in [0, 0.05) is 18.7 Å². The summed E-state index contributed by atoms with van der Waals surface area (Å²) in [7, 11) is 0. The lowest BCUT2D eigenvalue weighted by molar-refractivity contribution is -0.121. The number of nitrogens with one attached hydrogen (secondary N) is 1. The molecule has 0 saturated heterocycles. The van der Waals surface area contributed by atoms with Crippen LogP contribution < -0.4 is 11.1 Å². The first-order valence-corrected chi connectivity index (χ1v) is 9.04. The Morgan fingerprint density at radius 1 is 1.04 bits per heavy atom. The Labute approximate surface area is 151 Å². The van der Waals surface area contributed by atoms with Gasteiger partial charge in [-0.15, -0.1) is 0 Å². The number of rotatable bonds is 9. The predicted molar refractivity (Wildman–Crippen MR) is 104 cm³/mol. The molecule has 2 aromatic rings. The minimum Gasteiger partial charge on any atom is -0.399 e. The lowest BCUT2D eigenvalue weighted by Gasteiger charge is -2.30. The smallest absolute Gasteiger partial charge is 0.220 e. The van der Waals surface area contributed by atoms with Gasteiger partial charge in [-0.2, -0.15) is 0 Å². The fourth-order valence-corrected chi connectivity index (χ4v) is 3.11. The van der Waals surface area contributed by atoms with Gasteiger partial charge in [0.25, 0.3) is 0 Å². The van der Waals surface area contributed by atoms with Crippen LogP contribution in [0.2, 0.25) is 0 Å². The van der Waals surface area contributed by atoms with E-state index >= 15 is 0 Å². The van der Waals surface area contributed by atoms with E-state index in [-0.39, 0.29) is 11.9 Å². The first-order chi connectivity index (χ1) is 12.2. The largest absolute Gasteiger partial charge is 0.399 e. The highest BCUT2D eigenvalue weighted by Crippen LogP contribution is 2.19. The van der Waals surface area contributed by atoms with Gasteiger partial charge in [-0.25, -0.2) is 0 Å². The van der Waals surface area contributed by atoms with Crippen molar-refractivity contribution in [3.8, 4) is 0 Å². The van der Waals surface area contributed by atoms with Crippen molar-refractivity contribution in [2.75, 3.05) is 25.4 Å². The molecule has 25 heavy (non-hydrogen) atoms. The van der Waals surface area contributed by atoms with Crippen LogP contribution in [0, 0.1) is 0 Å². The van der Waals surface area contributed by atoms with Gasteiger partial charge in [-0.05, 0) is 36.7 Å². The summed E-state index contributed by atoms with van der Waals surface area (Å²) in [5, 5.41) is 3.10. The Kier molecular flexibility index (Phi) is 7.48. The Morgan fingerprint density at radius 3 is 2.32 bits per heavy atom. The summed E-state index contributed by atoms with van der Waals surface area (Å²) < 4.78 is 0. The molecule has 0 fully saturated rings. The number of likely N-dealkylation sites (N-methyl/N-ethyl adjacent to an activating group) is 1. The maximum atomic E-state index is 12.3. The SMILES string of the molecule is CCN(CC)C(CNC(=O)CCc1ccccc1N)c1ccccc1. The van der Waals surface area contributed by atoms with Crippen molar-refractivity contribution in [2.45, 2.75) is 32.7 Å². The van der Waals surface area contributed by atoms with Gasteiger partial charge in [0.05, 0.1) is 6.04 Å². The summed E-state index contributed by atoms with van der Waals surface area (Å²) in [6.07, 6.45) is 1.12. The minimum absolute atomic E-state index is 0.0661. The molecule has 0 spiro atoms. The molecule has 0 radical (unpaired) electrons. The molecule has 0 heterocycles. The van der Waals surface area contributed by atoms with Gasteiger partial charge in [0.15, 0.2) is 0 Å². The number of carbonyl (C=O) groups is 1. The number of hydrogen-bond acceptors (Lipinski definition) is 3. The quantitative estimate of drug-likeness (QED) is 0.689. The van der Waals surface area contributed by atoms with Crippen molar-refractivity contribution in [3.63, 3.8) is 0 Å². The summed E-state index contributed by atoms with van der Waals surface area (Å²) in [6.45, 7) is 6.83. The highest BCUT2D eigenvalue weighted by atomic mass is 16.1. The molecule has 2 rings (SSSR count). The number of nitrogen functional groups attached to an aromatic ring is 1. The van der Waals surface area contributed by atoms with E-state index in [1.54, 1.807) is 0 Å². The molecule has 0 aliphatic heterocycles. The number of nitrogens with two attached hydrogens (primary N) is 1. The summed E-state index contributed by atoms with van der Waals surface area (Å²) in [5.74, 6) is 0.0661. The summed E-state index contributed by atoms with van der Waals surface area (Å²) in [6, 6.07) is 18.3. The van der Waals surface area contributed by atoms with Crippen LogP contribution >= 0.6 is 0 Å². The van der Waals surface area contributed by atoms with Crippen molar-refractivity contribution in [3.05, 3.63) is 65.7 Å². The van der Waals surface area contributed by atoms with Gasteiger partial charge in [-0.1, -0.05) is 62.4 Å². The second kappa shape index (κ2) is 9.84. The van der Waals surface area contributed by atoms with E-state index in [0.717, 1.165) is 24.3 Å². The van der Waals surface area contributed by atoms with Crippen LogP contribution in [0.25, 0.3) is 0 Å². The molecule has 4 nitrogen and oxygen atoms in total. The first kappa shape index (κ1) is 19.0. The fourth-order valence-electron chi connectivity index (χ4n) is 3.11. The van der Waals surface area contributed by atoms with E-state index in [9.17, 15) is 4.79 Å². The number of anilines is 1. The van der Waals surface area contributed by atoms with Gasteiger partial charge in [0.2, 0.25) is 5.91 Å². The van der Waals surface area contributed by atoms with Crippen LogP contribution in [0.1, 0.15) is 37.4 Å². The number of aryl methyl sites for hydroxylation is 1. The summed E-state index contributed by atoms with van der Waals surface area (Å²) in [4.78, 5) is 14.7. The maximum Gasteiger partial charge on any atom is 0.220 e. The van der Waals surface area contributed by atoms with E-state index < -0.39 is 0 Å². The van der Waals surface area contributed by atoms with Gasteiger partial charge >= 0.3 is 0 Å². The molecule has 1 unspecified atom stereocenters. The Bertz CT molecular complexity index is 653. The molecule has 0 aliphatic rings. The number of carbonyl (C=O) groups excluding carboxylic acids is 1. The van der Waals surface area contributed by atoms with Crippen molar-refractivity contribution in [2.24, 2.45) is 0 Å². The average Bonchev–Trinajstić information content (AvgIpc) is 2.65. The molecule has 134 valence electrons. The maximum absolute atomic E-state index is 12.3. The molecule has 2 aromatic carbocycles. The summed E-state index contributed by atoms with van der Waals surface area (Å²) >= 11 is 0.